The maximum Gasteiger partial charge on any atom is 0.358 e. The molecule has 126 valence electrons. The van der Waals surface area contributed by atoms with Crippen molar-refractivity contribution in [2.75, 3.05) is 0 Å². The van der Waals surface area contributed by atoms with Gasteiger partial charge >= 0.3 is 5.97 Å². The Labute approximate surface area is 137 Å². The molecule has 0 spiro atoms. The highest BCUT2D eigenvalue weighted by atomic mass is 19.1. The van der Waals surface area contributed by atoms with Gasteiger partial charge in [-0.15, -0.1) is 5.10 Å². The van der Waals surface area contributed by atoms with Crippen molar-refractivity contribution in [1.82, 2.24) is 19.9 Å². The smallest absolute Gasteiger partial charge is 0.358 e. The van der Waals surface area contributed by atoms with E-state index in [2.05, 4.69) is 10.3 Å². The van der Waals surface area contributed by atoms with E-state index in [4.69, 9.17) is 5.11 Å². The van der Waals surface area contributed by atoms with Crippen LogP contribution in [-0.4, -0.2) is 42.9 Å². The molecule has 7 nitrogen and oxygen atoms in total. The molecule has 0 saturated heterocycles. The molecular weight excluding hydrogens is 315 g/mol. The number of aromatic nitrogens is 3. The van der Waals surface area contributed by atoms with Gasteiger partial charge in [0, 0.05) is 6.04 Å². The van der Waals surface area contributed by atoms with Gasteiger partial charge in [0.25, 0.3) is 0 Å². The number of halogens is 1. The van der Waals surface area contributed by atoms with E-state index in [1.807, 2.05) is 13.8 Å². The fourth-order valence-corrected chi connectivity index (χ4v) is 3.26. The van der Waals surface area contributed by atoms with Crippen LogP contribution in [-0.2, 0) is 17.8 Å². The summed E-state index contributed by atoms with van der Waals surface area (Å²) in [6.45, 7) is 3.71. The average Bonchev–Trinajstić information content (AvgIpc) is 2.95. The molecule has 0 fully saturated rings. The van der Waals surface area contributed by atoms with Crippen LogP contribution < -0.4 is 0 Å². The summed E-state index contributed by atoms with van der Waals surface area (Å²) in [5, 5.41) is 16.0. The zero-order chi connectivity index (χ0) is 17.4. The van der Waals surface area contributed by atoms with Gasteiger partial charge in [-0.2, -0.15) is 0 Å². The van der Waals surface area contributed by atoms with Crippen LogP contribution in [0.4, 0.5) is 4.39 Å². The minimum atomic E-state index is -1.19. The maximum absolute atomic E-state index is 13.4. The Balaban J connectivity index is 1.81. The van der Waals surface area contributed by atoms with Crippen molar-refractivity contribution < 1.29 is 19.1 Å². The number of hydrogen-bond donors (Lipinski definition) is 1. The molecule has 2 atom stereocenters. The molecule has 1 aliphatic heterocycles. The van der Waals surface area contributed by atoms with Crippen LogP contribution >= 0.6 is 0 Å². The minimum Gasteiger partial charge on any atom is -0.476 e. The number of amides is 1. The lowest BCUT2D eigenvalue weighted by atomic mass is 9.89. The number of carboxylic acid groups (broad SMARTS) is 1. The van der Waals surface area contributed by atoms with Crippen molar-refractivity contribution in [3.05, 3.63) is 47.0 Å². The molecule has 1 N–H and O–H groups in total. The first-order valence-corrected chi connectivity index (χ1v) is 7.59. The second-order valence-electron chi connectivity index (χ2n) is 5.98. The third kappa shape index (κ3) is 2.86. The first-order chi connectivity index (χ1) is 11.4. The first kappa shape index (κ1) is 16.1. The lowest BCUT2D eigenvalue weighted by Crippen LogP contribution is -2.46. The molecule has 0 saturated carbocycles. The van der Waals surface area contributed by atoms with E-state index in [0.717, 1.165) is 11.1 Å². The number of nitrogens with zero attached hydrogens (tertiary/aromatic N) is 4. The van der Waals surface area contributed by atoms with E-state index >= 15 is 0 Å². The topological polar surface area (TPSA) is 88.3 Å². The van der Waals surface area contributed by atoms with Gasteiger partial charge in [-0.3, -0.25) is 4.79 Å². The number of carboxylic acids is 1. The molecule has 1 aliphatic rings. The summed E-state index contributed by atoms with van der Waals surface area (Å²) in [5.41, 5.74) is 1.63. The Morgan fingerprint density at radius 1 is 1.38 bits per heavy atom. The van der Waals surface area contributed by atoms with Gasteiger partial charge in [0.2, 0.25) is 5.91 Å². The molecule has 0 aliphatic carbocycles. The van der Waals surface area contributed by atoms with Gasteiger partial charge in [0.1, 0.15) is 12.4 Å². The highest BCUT2D eigenvalue weighted by molar-refractivity contribution is 5.85. The van der Waals surface area contributed by atoms with Gasteiger partial charge in [0.15, 0.2) is 5.69 Å². The summed E-state index contributed by atoms with van der Waals surface area (Å²) < 4.78 is 14.6. The number of benzene rings is 1. The Bertz CT molecular complexity index is 804. The monoisotopic (exact) mass is 332 g/mol. The van der Waals surface area contributed by atoms with Crippen molar-refractivity contribution in [1.29, 1.82) is 0 Å². The van der Waals surface area contributed by atoms with Crippen LogP contribution in [0.15, 0.2) is 24.4 Å². The largest absolute Gasteiger partial charge is 0.476 e. The summed E-state index contributed by atoms with van der Waals surface area (Å²) in [5.74, 6) is -1.66. The lowest BCUT2D eigenvalue weighted by molar-refractivity contribution is -0.137. The molecule has 1 aromatic carbocycles. The maximum atomic E-state index is 13.4. The summed E-state index contributed by atoms with van der Waals surface area (Å²) >= 11 is 0. The summed E-state index contributed by atoms with van der Waals surface area (Å²) in [6, 6.07) is 4.33. The average molecular weight is 332 g/mol. The molecule has 2 unspecified atom stereocenters. The summed E-state index contributed by atoms with van der Waals surface area (Å²) in [7, 11) is 0. The van der Waals surface area contributed by atoms with Gasteiger partial charge in [-0.25, -0.2) is 13.9 Å². The molecule has 0 bridgehead atoms. The highest BCUT2D eigenvalue weighted by Crippen LogP contribution is 2.33. The number of carbonyl (C=O) groups is 2. The Hall–Kier alpha value is -2.77. The van der Waals surface area contributed by atoms with Crippen LogP contribution in [0, 0.1) is 5.82 Å². The minimum absolute atomic E-state index is 0.0918. The summed E-state index contributed by atoms with van der Waals surface area (Å²) in [4.78, 5) is 25.2. The molecular formula is C16H17FN4O3. The van der Waals surface area contributed by atoms with Crippen molar-refractivity contribution >= 4 is 11.9 Å². The van der Waals surface area contributed by atoms with Crippen molar-refractivity contribution in [2.24, 2.45) is 0 Å². The van der Waals surface area contributed by atoms with Gasteiger partial charge in [0.05, 0.1) is 12.2 Å². The van der Waals surface area contributed by atoms with Gasteiger partial charge < -0.3 is 10.0 Å². The fourth-order valence-electron chi connectivity index (χ4n) is 3.26. The first-order valence-electron chi connectivity index (χ1n) is 7.59. The number of carbonyl (C=O) groups excluding carboxylic acids is 1. The van der Waals surface area contributed by atoms with E-state index in [0.29, 0.717) is 6.42 Å². The van der Waals surface area contributed by atoms with Crippen LogP contribution in [0.3, 0.4) is 0 Å². The SMILES string of the molecule is CC1Cc2cc(F)ccc2C(C)N1C(=O)Cn1cc(C(=O)O)nn1. The zero-order valence-electron chi connectivity index (χ0n) is 13.3. The molecule has 3 rings (SSSR count). The molecule has 8 heteroatoms. The molecule has 0 radical (unpaired) electrons. The van der Waals surface area contributed by atoms with Crippen molar-refractivity contribution in [3.63, 3.8) is 0 Å². The third-order valence-electron chi connectivity index (χ3n) is 4.31. The van der Waals surface area contributed by atoms with E-state index in [1.54, 1.807) is 11.0 Å². The van der Waals surface area contributed by atoms with Gasteiger partial charge in [-0.05, 0) is 43.5 Å². The molecule has 1 aromatic heterocycles. The second-order valence-corrected chi connectivity index (χ2v) is 5.98. The highest BCUT2D eigenvalue weighted by Gasteiger charge is 2.33. The fraction of sp³-hybridized carbons (Fsp3) is 0.375. The number of rotatable bonds is 3. The quantitative estimate of drug-likeness (QED) is 0.923. The van der Waals surface area contributed by atoms with Crippen LogP contribution in [0.25, 0.3) is 0 Å². The Morgan fingerprint density at radius 2 is 2.12 bits per heavy atom. The second kappa shape index (κ2) is 6.03. The third-order valence-corrected chi connectivity index (χ3v) is 4.31. The Kier molecular flexibility index (Phi) is 4.04. The number of hydrogen-bond acceptors (Lipinski definition) is 4. The van der Waals surface area contributed by atoms with Gasteiger partial charge in [-0.1, -0.05) is 11.3 Å². The van der Waals surface area contributed by atoms with Crippen molar-refractivity contribution in [3.8, 4) is 0 Å². The molecule has 2 heterocycles. The van der Waals surface area contributed by atoms with Crippen molar-refractivity contribution in [2.45, 2.75) is 38.9 Å². The predicted octanol–water partition coefficient (Wildman–Crippen LogP) is 1.65. The molecule has 24 heavy (non-hydrogen) atoms. The predicted molar refractivity (Wildman–Crippen MR) is 81.8 cm³/mol. The van der Waals surface area contributed by atoms with E-state index < -0.39 is 5.97 Å². The standard InChI is InChI=1S/C16H17FN4O3/c1-9-5-11-6-12(17)3-4-13(11)10(2)21(9)15(22)8-20-7-14(16(23)24)18-19-20/h3-4,6-7,9-10H,5,8H2,1-2H3,(H,23,24). The number of fused-ring (bicyclic) bond motifs is 1. The van der Waals surface area contributed by atoms with E-state index in [-0.39, 0.29) is 36.0 Å². The Morgan fingerprint density at radius 3 is 2.79 bits per heavy atom. The lowest BCUT2D eigenvalue weighted by Gasteiger charge is -2.40. The van der Waals surface area contributed by atoms with Crippen LogP contribution in [0.5, 0.6) is 0 Å². The summed E-state index contributed by atoms with van der Waals surface area (Å²) in [6.07, 6.45) is 1.80. The zero-order valence-corrected chi connectivity index (χ0v) is 13.3. The normalized spacial score (nSPS) is 19.9. The van der Waals surface area contributed by atoms with Crippen LogP contribution in [0.2, 0.25) is 0 Å². The van der Waals surface area contributed by atoms with E-state index in [1.165, 1.54) is 23.0 Å². The molecule has 2 aromatic rings. The van der Waals surface area contributed by atoms with E-state index in [9.17, 15) is 14.0 Å². The number of aromatic carboxylic acids is 1. The molecule has 1 amide bonds. The van der Waals surface area contributed by atoms with Crippen LogP contribution in [0.1, 0.15) is 41.5 Å².